The summed E-state index contributed by atoms with van der Waals surface area (Å²) in [5, 5.41) is 10.1. The topological polar surface area (TPSA) is 23.5 Å². The summed E-state index contributed by atoms with van der Waals surface area (Å²) in [7, 11) is 4.27. The van der Waals surface area contributed by atoms with Gasteiger partial charge >= 0.3 is 0 Å². The minimum Gasteiger partial charge on any atom is -0.508 e. The van der Waals surface area contributed by atoms with E-state index in [2.05, 4.69) is 68.4 Å². The minimum atomic E-state index is 0.371. The first-order valence-corrected chi connectivity index (χ1v) is 8.64. The summed E-state index contributed by atoms with van der Waals surface area (Å²) in [5.41, 5.74) is 3.76. The summed E-state index contributed by atoms with van der Waals surface area (Å²) in [6.45, 7) is 2.18. The average molecular weight is 311 g/mol. The number of benzene rings is 2. The summed E-state index contributed by atoms with van der Waals surface area (Å²) < 4.78 is 0. The summed E-state index contributed by atoms with van der Waals surface area (Å²) in [5.74, 6) is 0.433. The van der Waals surface area contributed by atoms with Crippen molar-refractivity contribution in [2.75, 3.05) is 14.1 Å². The van der Waals surface area contributed by atoms with Gasteiger partial charge in [-0.15, -0.1) is 0 Å². The molecule has 0 heterocycles. The van der Waals surface area contributed by atoms with Crippen LogP contribution in [-0.4, -0.2) is 24.1 Å². The van der Waals surface area contributed by atoms with Gasteiger partial charge in [0.2, 0.25) is 0 Å². The minimum absolute atomic E-state index is 0.371. The summed E-state index contributed by atoms with van der Waals surface area (Å²) in [4.78, 5) is 2.28. The van der Waals surface area contributed by atoms with Crippen LogP contribution in [0.4, 0.5) is 0 Å². The molecule has 2 aromatic rings. The van der Waals surface area contributed by atoms with Gasteiger partial charge in [-0.2, -0.15) is 0 Å². The van der Waals surface area contributed by atoms with Crippen LogP contribution in [0.2, 0.25) is 0 Å². The van der Waals surface area contributed by atoms with Gasteiger partial charge in [0, 0.05) is 6.04 Å². The largest absolute Gasteiger partial charge is 0.508 e. The number of unbranched alkanes of at least 4 members (excludes halogenated alkanes) is 1. The number of hydrogen-bond acceptors (Lipinski definition) is 2. The van der Waals surface area contributed by atoms with Crippen LogP contribution in [0.1, 0.15) is 48.9 Å². The molecule has 1 unspecified atom stereocenters. The molecule has 1 atom stereocenters. The number of aryl methyl sites for hydroxylation is 2. The van der Waals surface area contributed by atoms with Gasteiger partial charge in [-0.3, -0.25) is 0 Å². The maximum Gasteiger partial charge on any atom is 0.118 e. The molecule has 0 saturated heterocycles. The summed E-state index contributed by atoms with van der Waals surface area (Å²) in [6, 6.07) is 17.1. The van der Waals surface area contributed by atoms with E-state index in [0.29, 0.717) is 11.8 Å². The van der Waals surface area contributed by atoms with E-state index < -0.39 is 0 Å². The van der Waals surface area contributed by atoms with Gasteiger partial charge in [0.1, 0.15) is 5.75 Å². The Morgan fingerprint density at radius 3 is 2.39 bits per heavy atom. The zero-order valence-electron chi connectivity index (χ0n) is 14.6. The smallest absolute Gasteiger partial charge is 0.118 e. The highest BCUT2D eigenvalue weighted by Crippen LogP contribution is 2.29. The Morgan fingerprint density at radius 2 is 1.74 bits per heavy atom. The third kappa shape index (κ3) is 5.11. The van der Waals surface area contributed by atoms with Crippen LogP contribution in [0.15, 0.2) is 48.5 Å². The quantitative estimate of drug-likeness (QED) is 0.744. The fourth-order valence-electron chi connectivity index (χ4n) is 3.05. The lowest BCUT2D eigenvalue weighted by Crippen LogP contribution is -2.20. The van der Waals surface area contributed by atoms with Gasteiger partial charge in [-0.05, 0) is 62.5 Å². The molecule has 0 radical (unpaired) electrons. The summed E-state index contributed by atoms with van der Waals surface area (Å²) in [6.07, 6.45) is 5.36. The van der Waals surface area contributed by atoms with Crippen molar-refractivity contribution < 1.29 is 5.11 Å². The highest BCUT2D eigenvalue weighted by atomic mass is 16.3. The molecule has 0 aliphatic rings. The molecule has 23 heavy (non-hydrogen) atoms. The molecule has 0 spiro atoms. The molecule has 0 aromatic heterocycles. The second kappa shape index (κ2) is 8.73. The fraction of sp³-hybridized carbons (Fsp3) is 0.429. The Bertz CT molecular complexity index is 592. The van der Waals surface area contributed by atoms with Gasteiger partial charge in [0.25, 0.3) is 0 Å². The van der Waals surface area contributed by atoms with Crippen molar-refractivity contribution in [2.45, 2.75) is 45.1 Å². The Hall–Kier alpha value is -1.80. The SMILES string of the molecule is CCCCc1cc(C(CCc2ccccc2)N(C)C)ccc1O. The molecule has 1 N–H and O–H groups in total. The Kier molecular flexibility index (Phi) is 6.66. The van der Waals surface area contributed by atoms with E-state index in [4.69, 9.17) is 0 Å². The van der Waals surface area contributed by atoms with Crippen LogP contribution < -0.4 is 0 Å². The molecule has 2 nitrogen and oxygen atoms in total. The molecule has 0 aliphatic carbocycles. The van der Waals surface area contributed by atoms with Gasteiger partial charge in [0.15, 0.2) is 0 Å². The molecule has 0 amide bonds. The van der Waals surface area contributed by atoms with Gasteiger partial charge in [-0.25, -0.2) is 0 Å². The lowest BCUT2D eigenvalue weighted by molar-refractivity contribution is 0.283. The van der Waals surface area contributed by atoms with E-state index in [-0.39, 0.29) is 0 Å². The molecule has 2 aromatic carbocycles. The molecule has 0 saturated carbocycles. The highest BCUT2D eigenvalue weighted by Gasteiger charge is 2.15. The number of phenolic OH excluding ortho intramolecular Hbond substituents is 1. The normalized spacial score (nSPS) is 12.5. The molecule has 0 fully saturated rings. The standard InChI is InChI=1S/C21H29NO/c1-4-5-11-19-16-18(13-15-21(19)23)20(22(2)3)14-12-17-9-7-6-8-10-17/h6-10,13,15-16,20,23H,4-5,11-12,14H2,1-3H3. The first-order chi connectivity index (χ1) is 11.1. The van der Waals surface area contributed by atoms with Crippen LogP contribution in [0.5, 0.6) is 5.75 Å². The van der Waals surface area contributed by atoms with E-state index >= 15 is 0 Å². The lowest BCUT2D eigenvalue weighted by atomic mass is 9.95. The monoisotopic (exact) mass is 311 g/mol. The number of hydrogen-bond donors (Lipinski definition) is 1. The van der Waals surface area contributed by atoms with Gasteiger partial charge in [0.05, 0.1) is 0 Å². The molecular formula is C21H29NO. The van der Waals surface area contributed by atoms with Crippen molar-refractivity contribution in [3.8, 4) is 5.75 Å². The molecule has 124 valence electrons. The highest BCUT2D eigenvalue weighted by molar-refractivity contribution is 5.37. The van der Waals surface area contributed by atoms with Crippen LogP contribution in [-0.2, 0) is 12.8 Å². The molecule has 2 rings (SSSR count). The van der Waals surface area contributed by atoms with E-state index in [1.54, 1.807) is 0 Å². The van der Waals surface area contributed by atoms with E-state index in [0.717, 1.165) is 37.7 Å². The fourth-order valence-corrected chi connectivity index (χ4v) is 3.05. The predicted molar refractivity (Wildman–Crippen MR) is 97.9 cm³/mol. The third-order valence-electron chi connectivity index (χ3n) is 4.46. The number of rotatable bonds is 8. The Labute approximate surface area is 140 Å². The average Bonchev–Trinajstić information content (AvgIpc) is 2.56. The van der Waals surface area contributed by atoms with Crippen molar-refractivity contribution in [1.29, 1.82) is 0 Å². The number of aromatic hydroxyl groups is 1. The number of nitrogens with zero attached hydrogens (tertiary/aromatic N) is 1. The summed E-state index contributed by atoms with van der Waals surface area (Å²) >= 11 is 0. The lowest BCUT2D eigenvalue weighted by Gasteiger charge is -2.25. The van der Waals surface area contributed by atoms with Crippen LogP contribution in [0.25, 0.3) is 0 Å². The van der Waals surface area contributed by atoms with Gasteiger partial charge in [-0.1, -0.05) is 55.8 Å². The number of phenols is 1. The van der Waals surface area contributed by atoms with Gasteiger partial charge < -0.3 is 10.0 Å². The zero-order valence-corrected chi connectivity index (χ0v) is 14.6. The molecule has 2 heteroatoms. The van der Waals surface area contributed by atoms with Crippen molar-refractivity contribution in [2.24, 2.45) is 0 Å². The van der Waals surface area contributed by atoms with Crippen molar-refractivity contribution >= 4 is 0 Å². The second-order valence-corrected chi connectivity index (χ2v) is 6.50. The van der Waals surface area contributed by atoms with Crippen molar-refractivity contribution in [3.63, 3.8) is 0 Å². The van der Waals surface area contributed by atoms with Crippen LogP contribution >= 0.6 is 0 Å². The second-order valence-electron chi connectivity index (χ2n) is 6.50. The first-order valence-electron chi connectivity index (χ1n) is 8.64. The molecule has 0 aliphatic heterocycles. The van der Waals surface area contributed by atoms with Crippen LogP contribution in [0, 0.1) is 0 Å². The first kappa shape index (κ1) is 17.6. The maximum absolute atomic E-state index is 10.1. The van der Waals surface area contributed by atoms with Crippen molar-refractivity contribution in [1.82, 2.24) is 4.90 Å². The van der Waals surface area contributed by atoms with E-state index in [1.807, 2.05) is 6.07 Å². The van der Waals surface area contributed by atoms with Crippen LogP contribution in [0.3, 0.4) is 0 Å². The molecular weight excluding hydrogens is 282 g/mol. The van der Waals surface area contributed by atoms with Crippen molar-refractivity contribution in [3.05, 3.63) is 65.2 Å². The molecule has 0 bridgehead atoms. The Balaban J connectivity index is 2.13. The zero-order chi connectivity index (χ0) is 16.7. The third-order valence-corrected chi connectivity index (χ3v) is 4.46. The van der Waals surface area contributed by atoms with E-state index in [1.165, 1.54) is 11.1 Å². The Morgan fingerprint density at radius 1 is 1.00 bits per heavy atom. The maximum atomic E-state index is 10.1. The van der Waals surface area contributed by atoms with E-state index in [9.17, 15) is 5.11 Å². The predicted octanol–water partition coefficient (Wildman–Crippen LogP) is 4.97.